The molecule has 4 atom stereocenters. The van der Waals surface area contributed by atoms with Crippen LogP contribution in [0.1, 0.15) is 46.5 Å². The van der Waals surface area contributed by atoms with E-state index in [1.54, 1.807) is 0 Å². The fourth-order valence-electron chi connectivity index (χ4n) is 2.49. The van der Waals surface area contributed by atoms with Gasteiger partial charge in [-0.1, -0.05) is 27.2 Å². The number of hydrogen-bond acceptors (Lipinski definition) is 4. The van der Waals surface area contributed by atoms with E-state index in [-0.39, 0.29) is 18.4 Å². The molecule has 0 bridgehead atoms. The van der Waals surface area contributed by atoms with E-state index >= 15 is 0 Å². The molecule has 0 aromatic carbocycles. The van der Waals surface area contributed by atoms with Crippen molar-refractivity contribution in [2.75, 3.05) is 13.1 Å². The molecule has 8 nitrogen and oxygen atoms in total. The van der Waals surface area contributed by atoms with Crippen molar-refractivity contribution >= 4 is 19.4 Å². The van der Waals surface area contributed by atoms with Crippen molar-refractivity contribution in [3.8, 4) is 0 Å². The predicted molar refractivity (Wildman–Crippen MR) is 90.4 cm³/mol. The van der Waals surface area contributed by atoms with Crippen LogP contribution in [0.4, 0.5) is 0 Å². The highest BCUT2D eigenvalue weighted by molar-refractivity contribution is 7.57. The fraction of sp³-hybridized carbons (Fsp3) is 0.857. The second-order valence-electron chi connectivity index (χ2n) is 6.12. The molecular weight excluding hydrogens is 317 g/mol. The molecule has 134 valence electrons. The van der Waals surface area contributed by atoms with Crippen molar-refractivity contribution in [2.45, 2.75) is 58.5 Å². The summed E-state index contributed by atoms with van der Waals surface area (Å²) in [5, 5.41) is 5.53. The summed E-state index contributed by atoms with van der Waals surface area (Å²) in [5.41, 5.74) is 11.7. The highest BCUT2D eigenvalue weighted by Gasteiger charge is 2.39. The largest absolute Gasteiger partial charge is 0.355 e. The van der Waals surface area contributed by atoms with Gasteiger partial charge < -0.3 is 11.1 Å². The average Bonchev–Trinajstić information content (AvgIpc) is 2.52. The average molecular weight is 347 g/mol. The second-order valence-corrected chi connectivity index (χ2v) is 8.10. The molecule has 23 heavy (non-hydrogen) atoms. The highest BCUT2D eigenvalue weighted by atomic mass is 31.2. The topological polar surface area (TPSA) is 131 Å². The molecule has 0 aliphatic carbocycles. The van der Waals surface area contributed by atoms with E-state index < -0.39 is 25.6 Å². The minimum absolute atomic E-state index is 0.0719. The Morgan fingerprint density at radius 3 is 2.70 bits per heavy atom. The van der Waals surface area contributed by atoms with Crippen molar-refractivity contribution < 1.29 is 14.2 Å². The zero-order valence-corrected chi connectivity index (χ0v) is 15.1. The number of amides is 2. The molecule has 1 aliphatic rings. The van der Waals surface area contributed by atoms with Gasteiger partial charge in [0.15, 0.2) is 0 Å². The van der Waals surface area contributed by atoms with Crippen LogP contribution in [-0.2, 0) is 14.2 Å². The van der Waals surface area contributed by atoms with Crippen molar-refractivity contribution in [2.24, 2.45) is 17.2 Å². The number of carbonyl (C=O) groups is 2. The van der Waals surface area contributed by atoms with E-state index in [4.69, 9.17) is 11.2 Å². The van der Waals surface area contributed by atoms with Gasteiger partial charge in [0.25, 0.3) is 0 Å². The van der Waals surface area contributed by atoms with E-state index in [9.17, 15) is 14.2 Å². The van der Waals surface area contributed by atoms with Crippen LogP contribution in [0.2, 0.25) is 0 Å². The first kappa shape index (κ1) is 20.1. The van der Waals surface area contributed by atoms with Gasteiger partial charge in [0, 0.05) is 13.1 Å². The lowest BCUT2D eigenvalue weighted by molar-refractivity contribution is -0.130. The van der Waals surface area contributed by atoms with Crippen LogP contribution in [0.25, 0.3) is 0 Å². The van der Waals surface area contributed by atoms with Crippen LogP contribution in [-0.4, -0.2) is 41.7 Å². The van der Waals surface area contributed by atoms with Gasteiger partial charge in [-0.05, 0) is 25.2 Å². The number of carbonyl (C=O) groups excluding carboxylic acids is 2. The van der Waals surface area contributed by atoms with Gasteiger partial charge in [-0.2, -0.15) is 0 Å². The maximum Gasteiger partial charge on any atom is 0.306 e. The summed E-state index contributed by atoms with van der Waals surface area (Å²) in [6.45, 7) is 6.60. The Kier molecular flexibility index (Phi) is 7.67. The number of piperidine rings is 1. The zero-order chi connectivity index (χ0) is 17.6. The number of nitrogens with one attached hydrogen (secondary N) is 2. The number of nitrogens with two attached hydrogens (primary N) is 2. The summed E-state index contributed by atoms with van der Waals surface area (Å²) in [4.78, 5) is 24.5. The lowest BCUT2D eigenvalue weighted by Gasteiger charge is -2.37. The van der Waals surface area contributed by atoms with E-state index in [2.05, 4.69) is 10.4 Å². The summed E-state index contributed by atoms with van der Waals surface area (Å²) >= 11 is 0. The summed E-state index contributed by atoms with van der Waals surface area (Å²) in [6.07, 6.45) is 2.72. The third-order valence-electron chi connectivity index (χ3n) is 4.18. The van der Waals surface area contributed by atoms with Crippen LogP contribution < -0.4 is 21.6 Å². The Morgan fingerprint density at radius 1 is 1.48 bits per heavy atom. The molecule has 0 spiro atoms. The lowest BCUT2D eigenvalue weighted by Crippen LogP contribution is -2.54. The molecule has 1 saturated heterocycles. The van der Waals surface area contributed by atoms with Gasteiger partial charge in [0.1, 0.15) is 0 Å². The molecule has 3 unspecified atom stereocenters. The Bertz CT molecular complexity index is 473. The molecule has 1 fully saturated rings. The van der Waals surface area contributed by atoms with Gasteiger partial charge in [-0.25, -0.2) is 5.09 Å². The molecule has 0 saturated carbocycles. The normalized spacial score (nSPS) is 24.0. The van der Waals surface area contributed by atoms with E-state index in [0.717, 1.165) is 11.1 Å². The lowest BCUT2D eigenvalue weighted by atomic mass is 9.99. The molecule has 0 aromatic heterocycles. The molecule has 2 amide bonds. The minimum Gasteiger partial charge on any atom is -0.355 e. The van der Waals surface area contributed by atoms with Crippen LogP contribution in [0.3, 0.4) is 0 Å². The second kappa shape index (κ2) is 8.78. The van der Waals surface area contributed by atoms with E-state index in [1.807, 2.05) is 20.8 Å². The van der Waals surface area contributed by atoms with Crippen molar-refractivity contribution in [1.82, 2.24) is 15.1 Å². The molecule has 9 heteroatoms. The van der Waals surface area contributed by atoms with Gasteiger partial charge in [-0.15, -0.1) is 0 Å². The maximum atomic E-state index is 12.9. The molecule has 0 radical (unpaired) electrons. The minimum atomic E-state index is -3.68. The van der Waals surface area contributed by atoms with Gasteiger partial charge in [0.2, 0.25) is 11.8 Å². The Hall–Kier alpha value is -0.950. The Morgan fingerprint density at radius 2 is 2.13 bits per heavy atom. The van der Waals surface area contributed by atoms with Crippen LogP contribution in [0, 0.1) is 5.92 Å². The SMILES string of the molecule is CCCNC(=O)C(NP(N)(=O)N1CCC[C@H](N)C1=O)C(C)CC. The van der Waals surface area contributed by atoms with Crippen molar-refractivity contribution in [3.63, 3.8) is 0 Å². The van der Waals surface area contributed by atoms with Gasteiger partial charge >= 0.3 is 7.59 Å². The molecular formula is C14H30N5O3P. The zero-order valence-electron chi connectivity index (χ0n) is 14.2. The molecule has 1 heterocycles. The first-order chi connectivity index (χ1) is 10.7. The summed E-state index contributed by atoms with van der Waals surface area (Å²) < 4.78 is 14.0. The van der Waals surface area contributed by atoms with Crippen LogP contribution in [0.5, 0.6) is 0 Å². The molecule has 6 N–H and O–H groups in total. The summed E-state index contributed by atoms with van der Waals surface area (Å²) in [7, 11) is -3.68. The standard InChI is InChI=1S/C14H30N5O3P/c1-4-8-17-13(20)12(10(3)5-2)18-23(16,22)19-9-6-7-11(15)14(19)21/h10-12H,4-9,15H2,1-3H3,(H,17,20)(H3,16,18,22)/t10?,11-,12?,23?/m0/s1. The predicted octanol–water partition coefficient (Wildman–Crippen LogP) is 0.533. The fourth-order valence-corrected chi connectivity index (χ4v) is 4.28. The quantitative estimate of drug-likeness (QED) is 0.474. The van der Waals surface area contributed by atoms with Gasteiger partial charge in [0.05, 0.1) is 12.1 Å². The monoisotopic (exact) mass is 347 g/mol. The Balaban J connectivity index is 2.89. The first-order valence-electron chi connectivity index (χ1n) is 8.26. The third-order valence-corrected chi connectivity index (χ3v) is 5.95. The van der Waals surface area contributed by atoms with E-state index in [1.165, 1.54) is 0 Å². The first-order valence-corrected chi connectivity index (χ1v) is 9.99. The molecule has 0 aromatic rings. The number of nitrogens with zero attached hydrogens (tertiary/aromatic N) is 1. The van der Waals surface area contributed by atoms with E-state index in [0.29, 0.717) is 25.8 Å². The third kappa shape index (κ3) is 5.28. The summed E-state index contributed by atoms with van der Waals surface area (Å²) in [5.74, 6) is -0.746. The maximum absolute atomic E-state index is 12.9. The molecule has 1 aliphatic heterocycles. The Labute approximate surface area is 138 Å². The number of rotatable bonds is 8. The smallest absolute Gasteiger partial charge is 0.306 e. The van der Waals surface area contributed by atoms with Crippen LogP contribution >= 0.6 is 7.59 Å². The highest BCUT2D eigenvalue weighted by Crippen LogP contribution is 2.40. The van der Waals surface area contributed by atoms with Crippen LogP contribution in [0.15, 0.2) is 0 Å². The molecule has 1 rings (SSSR count). The van der Waals surface area contributed by atoms with Crippen molar-refractivity contribution in [1.29, 1.82) is 0 Å². The van der Waals surface area contributed by atoms with Gasteiger partial charge in [-0.3, -0.25) is 24.3 Å². The summed E-state index contributed by atoms with van der Waals surface area (Å²) in [6, 6.07) is -1.40. The number of hydrogen-bond donors (Lipinski definition) is 4. The van der Waals surface area contributed by atoms with Crippen molar-refractivity contribution in [3.05, 3.63) is 0 Å².